The van der Waals surface area contributed by atoms with Crippen LogP contribution < -0.4 is 5.32 Å². The largest absolute Gasteiger partial charge is 0.335 e. The lowest BCUT2D eigenvalue weighted by Gasteiger charge is -2.33. The average Bonchev–Trinajstić information content (AvgIpc) is 2.48. The molecule has 2 amide bonds. The van der Waals surface area contributed by atoms with Crippen molar-refractivity contribution in [3.63, 3.8) is 0 Å². The SMILES string of the molecule is CC1CCN(CCC2CCC(NC(=O)N(C)C)CC2)CC1. The zero-order valence-electron chi connectivity index (χ0n) is 14.1. The Morgan fingerprint density at radius 3 is 2.29 bits per heavy atom. The molecule has 2 rings (SSSR count). The average molecular weight is 295 g/mol. The van der Waals surface area contributed by atoms with Gasteiger partial charge < -0.3 is 15.1 Å². The number of amides is 2. The summed E-state index contributed by atoms with van der Waals surface area (Å²) in [7, 11) is 3.61. The minimum atomic E-state index is 0.0564. The molecule has 0 radical (unpaired) electrons. The smallest absolute Gasteiger partial charge is 0.317 e. The maximum atomic E-state index is 11.7. The number of nitrogens with one attached hydrogen (secondary N) is 1. The summed E-state index contributed by atoms with van der Waals surface area (Å²) >= 11 is 0. The number of rotatable bonds is 4. The molecule has 0 aromatic carbocycles. The minimum absolute atomic E-state index is 0.0564. The Balaban J connectivity index is 1.60. The number of piperidine rings is 1. The van der Waals surface area contributed by atoms with Gasteiger partial charge in [-0.05, 0) is 76.4 Å². The third-order valence-corrected chi connectivity index (χ3v) is 5.31. The molecule has 2 fully saturated rings. The number of carbonyl (C=O) groups is 1. The summed E-state index contributed by atoms with van der Waals surface area (Å²) in [5, 5.41) is 3.13. The van der Waals surface area contributed by atoms with E-state index < -0.39 is 0 Å². The van der Waals surface area contributed by atoms with E-state index in [2.05, 4.69) is 17.1 Å². The van der Waals surface area contributed by atoms with Crippen molar-refractivity contribution in [3.8, 4) is 0 Å². The van der Waals surface area contributed by atoms with Gasteiger partial charge in [-0.25, -0.2) is 4.79 Å². The molecule has 0 unspecified atom stereocenters. The quantitative estimate of drug-likeness (QED) is 0.865. The van der Waals surface area contributed by atoms with Gasteiger partial charge in [-0.15, -0.1) is 0 Å². The van der Waals surface area contributed by atoms with E-state index in [1.54, 1.807) is 19.0 Å². The fourth-order valence-electron chi connectivity index (χ4n) is 3.55. The van der Waals surface area contributed by atoms with Gasteiger partial charge in [0.1, 0.15) is 0 Å². The van der Waals surface area contributed by atoms with Gasteiger partial charge in [0.25, 0.3) is 0 Å². The Labute approximate surface area is 130 Å². The minimum Gasteiger partial charge on any atom is -0.335 e. The fourth-order valence-corrected chi connectivity index (χ4v) is 3.55. The Hall–Kier alpha value is -0.770. The van der Waals surface area contributed by atoms with Crippen LogP contribution in [0.15, 0.2) is 0 Å². The van der Waals surface area contributed by atoms with Crippen LogP contribution in [0.5, 0.6) is 0 Å². The van der Waals surface area contributed by atoms with E-state index >= 15 is 0 Å². The van der Waals surface area contributed by atoms with E-state index in [0.29, 0.717) is 6.04 Å². The molecule has 0 aromatic heterocycles. The molecule has 21 heavy (non-hydrogen) atoms. The summed E-state index contributed by atoms with van der Waals surface area (Å²) in [5.74, 6) is 1.80. The Bertz CT molecular complexity index is 316. The highest BCUT2D eigenvalue weighted by molar-refractivity contribution is 5.73. The Morgan fingerprint density at radius 1 is 1.10 bits per heavy atom. The summed E-state index contributed by atoms with van der Waals surface area (Å²) in [4.78, 5) is 15.9. The molecule has 4 nitrogen and oxygen atoms in total. The van der Waals surface area contributed by atoms with Crippen molar-refractivity contribution in [2.45, 2.75) is 57.9 Å². The lowest BCUT2D eigenvalue weighted by molar-refractivity contribution is 0.168. The van der Waals surface area contributed by atoms with Crippen molar-refractivity contribution >= 4 is 6.03 Å². The molecular formula is C17H33N3O. The van der Waals surface area contributed by atoms with Crippen molar-refractivity contribution in [3.05, 3.63) is 0 Å². The van der Waals surface area contributed by atoms with Gasteiger partial charge in [0.05, 0.1) is 0 Å². The normalized spacial score (nSPS) is 28.3. The van der Waals surface area contributed by atoms with E-state index in [1.165, 1.54) is 51.7 Å². The van der Waals surface area contributed by atoms with Crippen LogP contribution in [0.3, 0.4) is 0 Å². The van der Waals surface area contributed by atoms with Crippen molar-refractivity contribution < 1.29 is 4.79 Å². The lowest BCUT2D eigenvalue weighted by Crippen LogP contribution is -2.43. The summed E-state index contributed by atoms with van der Waals surface area (Å²) < 4.78 is 0. The van der Waals surface area contributed by atoms with E-state index in [9.17, 15) is 4.79 Å². The predicted octanol–water partition coefficient (Wildman–Crippen LogP) is 2.94. The van der Waals surface area contributed by atoms with Crippen LogP contribution in [0.25, 0.3) is 0 Å². The molecule has 0 atom stereocenters. The molecule has 1 aliphatic heterocycles. The van der Waals surface area contributed by atoms with Gasteiger partial charge in [0.2, 0.25) is 0 Å². The monoisotopic (exact) mass is 295 g/mol. The van der Waals surface area contributed by atoms with Crippen LogP contribution in [0.4, 0.5) is 4.79 Å². The van der Waals surface area contributed by atoms with E-state index in [-0.39, 0.29) is 6.03 Å². The topological polar surface area (TPSA) is 35.6 Å². The zero-order chi connectivity index (χ0) is 15.2. The fraction of sp³-hybridized carbons (Fsp3) is 0.941. The zero-order valence-corrected chi connectivity index (χ0v) is 14.1. The first-order valence-corrected chi connectivity index (χ1v) is 8.74. The van der Waals surface area contributed by atoms with Crippen LogP contribution in [-0.4, -0.2) is 55.6 Å². The number of nitrogens with zero attached hydrogens (tertiary/aromatic N) is 2. The molecular weight excluding hydrogens is 262 g/mol. The van der Waals surface area contributed by atoms with E-state index in [0.717, 1.165) is 24.7 Å². The van der Waals surface area contributed by atoms with E-state index in [4.69, 9.17) is 0 Å². The molecule has 1 N–H and O–H groups in total. The standard InChI is InChI=1S/C17H33N3O/c1-14-8-11-20(12-9-14)13-10-15-4-6-16(7-5-15)18-17(21)19(2)3/h14-16H,4-13H2,1-3H3,(H,18,21). The molecule has 1 saturated heterocycles. The van der Waals surface area contributed by atoms with Crippen LogP contribution in [0.2, 0.25) is 0 Å². The van der Waals surface area contributed by atoms with Crippen molar-refractivity contribution in [1.82, 2.24) is 15.1 Å². The highest BCUT2D eigenvalue weighted by atomic mass is 16.2. The third kappa shape index (κ3) is 5.50. The first kappa shape index (κ1) is 16.6. The molecule has 0 aromatic rings. The summed E-state index contributed by atoms with van der Waals surface area (Å²) in [6.07, 6.45) is 8.98. The summed E-state index contributed by atoms with van der Waals surface area (Å²) in [6, 6.07) is 0.452. The third-order valence-electron chi connectivity index (χ3n) is 5.31. The maximum absolute atomic E-state index is 11.7. The van der Waals surface area contributed by atoms with Crippen LogP contribution in [0.1, 0.15) is 51.9 Å². The maximum Gasteiger partial charge on any atom is 0.317 e. The number of likely N-dealkylation sites (tertiary alicyclic amines) is 1. The molecule has 4 heteroatoms. The van der Waals surface area contributed by atoms with Crippen molar-refractivity contribution in [1.29, 1.82) is 0 Å². The van der Waals surface area contributed by atoms with Crippen molar-refractivity contribution in [2.24, 2.45) is 11.8 Å². The Kier molecular flexibility index (Phi) is 6.34. The van der Waals surface area contributed by atoms with E-state index in [1.807, 2.05) is 0 Å². The van der Waals surface area contributed by atoms with Crippen LogP contribution in [0, 0.1) is 11.8 Å². The van der Waals surface area contributed by atoms with Crippen LogP contribution >= 0.6 is 0 Å². The van der Waals surface area contributed by atoms with Gasteiger partial charge >= 0.3 is 6.03 Å². The first-order valence-electron chi connectivity index (χ1n) is 8.74. The second-order valence-electron chi connectivity index (χ2n) is 7.37. The van der Waals surface area contributed by atoms with Crippen molar-refractivity contribution in [2.75, 3.05) is 33.7 Å². The second kappa shape index (κ2) is 8.02. The predicted molar refractivity (Wildman–Crippen MR) is 87.4 cm³/mol. The summed E-state index contributed by atoms with van der Waals surface area (Å²) in [6.45, 7) is 6.26. The number of urea groups is 1. The lowest BCUT2D eigenvalue weighted by atomic mass is 9.84. The second-order valence-corrected chi connectivity index (χ2v) is 7.37. The van der Waals surface area contributed by atoms with Gasteiger partial charge in [0.15, 0.2) is 0 Å². The number of carbonyl (C=O) groups excluding carboxylic acids is 1. The Morgan fingerprint density at radius 2 is 1.71 bits per heavy atom. The molecule has 0 bridgehead atoms. The molecule has 2 aliphatic rings. The highest BCUT2D eigenvalue weighted by Crippen LogP contribution is 2.27. The summed E-state index contributed by atoms with van der Waals surface area (Å²) in [5.41, 5.74) is 0. The highest BCUT2D eigenvalue weighted by Gasteiger charge is 2.24. The molecule has 0 spiro atoms. The number of hydrogen-bond donors (Lipinski definition) is 1. The first-order chi connectivity index (χ1) is 10.0. The van der Waals surface area contributed by atoms with Gasteiger partial charge in [0, 0.05) is 20.1 Å². The molecule has 122 valence electrons. The van der Waals surface area contributed by atoms with Gasteiger partial charge in [-0.2, -0.15) is 0 Å². The van der Waals surface area contributed by atoms with Gasteiger partial charge in [-0.1, -0.05) is 6.92 Å². The molecule has 1 saturated carbocycles. The molecule has 1 heterocycles. The van der Waals surface area contributed by atoms with Crippen LogP contribution in [-0.2, 0) is 0 Å². The van der Waals surface area contributed by atoms with Gasteiger partial charge in [-0.3, -0.25) is 0 Å². The molecule has 1 aliphatic carbocycles. The number of hydrogen-bond acceptors (Lipinski definition) is 2.